The van der Waals surface area contributed by atoms with Crippen LogP contribution in [0, 0.1) is 0 Å². The molecule has 266 valence electrons. The molecule has 0 bridgehead atoms. The van der Waals surface area contributed by atoms with Crippen molar-refractivity contribution in [3.8, 4) is 0 Å². The van der Waals surface area contributed by atoms with E-state index >= 15 is 0 Å². The summed E-state index contributed by atoms with van der Waals surface area (Å²) >= 11 is 7.39. The molecule has 4 aromatic rings. The minimum atomic E-state index is 0.0940. The summed E-state index contributed by atoms with van der Waals surface area (Å²) in [6, 6.07) is 27.7. The highest BCUT2D eigenvalue weighted by atomic mass is 35.5. The van der Waals surface area contributed by atoms with Crippen LogP contribution in [0.15, 0.2) is 119 Å². The number of hydrogen-bond acceptors (Lipinski definition) is 1. The van der Waals surface area contributed by atoms with Gasteiger partial charge in [0.25, 0.3) is 0 Å². The van der Waals surface area contributed by atoms with Crippen LogP contribution >= 0.6 is 11.6 Å². The average Bonchev–Trinajstić information content (AvgIpc) is 3.75. The number of halogens is 1. The molecule has 0 unspecified atom stereocenters. The standard InChI is InChI=1S/C49H54ClN2/c1-3-33-51-43(48(29-11-5-12-30-48)41-25-21-35-15-7-9-17-39(35)46(41)51)27-23-37-19-20-38(45(37)50)24-28-44-49(31-13-6-14-32-49)42-26-22-36-16-8-10-18-40(36)47(42)52(44)34-4-2/h7-10,15-18,21-28H,3-6,11-14,19-20,29-34H2,1-2H3/q+1. The summed E-state index contributed by atoms with van der Waals surface area (Å²) in [5.74, 6) is 0. The molecule has 2 aliphatic heterocycles. The maximum atomic E-state index is 7.39. The number of anilines is 1. The first-order valence-electron chi connectivity index (χ1n) is 20.5. The van der Waals surface area contributed by atoms with Gasteiger partial charge in [-0.3, -0.25) is 0 Å². The lowest BCUT2D eigenvalue weighted by atomic mass is 9.67. The van der Waals surface area contributed by atoms with Gasteiger partial charge in [-0.05, 0) is 84.6 Å². The smallest absolute Gasteiger partial charge is 0.217 e. The van der Waals surface area contributed by atoms with E-state index in [1.807, 2.05) is 0 Å². The van der Waals surface area contributed by atoms with E-state index in [0.717, 1.165) is 43.8 Å². The van der Waals surface area contributed by atoms with Crippen molar-refractivity contribution >= 4 is 50.2 Å². The molecule has 0 atom stereocenters. The van der Waals surface area contributed by atoms with Crippen molar-refractivity contribution in [3.05, 3.63) is 130 Å². The van der Waals surface area contributed by atoms with Crippen LogP contribution in [0.2, 0.25) is 0 Å². The van der Waals surface area contributed by atoms with Crippen molar-refractivity contribution in [2.24, 2.45) is 0 Å². The molecular formula is C49H54ClN2+. The summed E-state index contributed by atoms with van der Waals surface area (Å²) < 4.78 is 2.69. The second-order valence-corrected chi connectivity index (χ2v) is 16.6. The average molecular weight is 706 g/mol. The maximum Gasteiger partial charge on any atom is 0.217 e. The highest BCUT2D eigenvalue weighted by Crippen LogP contribution is 2.57. The van der Waals surface area contributed by atoms with Crippen molar-refractivity contribution in [2.75, 3.05) is 18.0 Å². The molecule has 9 rings (SSSR count). The van der Waals surface area contributed by atoms with Crippen LogP contribution in [0.3, 0.4) is 0 Å². The molecule has 0 amide bonds. The van der Waals surface area contributed by atoms with E-state index in [1.165, 1.54) is 120 Å². The van der Waals surface area contributed by atoms with Crippen LogP contribution in [0.1, 0.15) is 115 Å². The molecule has 2 nitrogen and oxygen atoms in total. The first-order chi connectivity index (χ1) is 25.6. The Balaban J connectivity index is 1.11. The highest BCUT2D eigenvalue weighted by molar-refractivity contribution is 6.33. The second-order valence-electron chi connectivity index (χ2n) is 16.3. The molecule has 0 saturated heterocycles. The van der Waals surface area contributed by atoms with Gasteiger partial charge < -0.3 is 4.90 Å². The molecule has 2 spiro atoms. The molecule has 3 aliphatic carbocycles. The van der Waals surface area contributed by atoms with E-state index in [9.17, 15) is 0 Å². The predicted molar refractivity (Wildman–Crippen MR) is 223 cm³/mol. The third-order valence-corrected chi connectivity index (χ3v) is 13.8. The molecule has 0 radical (unpaired) electrons. The van der Waals surface area contributed by atoms with Gasteiger partial charge in [-0.2, -0.15) is 4.58 Å². The summed E-state index contributed by atoms with van der Waals surface area (Å²) in [5, 5.41) is 6.45. The van der Waals surface area contributed by atoms with Gasteiger partial charge in [0.1, 0.15) is 6.54 Å². The van der Waals surface area contributed by atoms with Gasteiger partial charge in [0.05, 0.1) is 16.5 Å². The summed E-state index contributed by atoms with van der Waals surface area (Å²) in [6.45, 7) is 6.73. The fourth-order valence-corrected chi connectivity index (χ4v) is 11.4. The number of nitrogens with zero attached hydrogens (tertiary/aromatic N) is 2. The SMILES string of the molecule is CCCN1/C(=C/C=C2\CCC(/C=C/C3=[N+](CCC)c4c(ccc5ccccc45)C34CCCCC4)=C2Cl)C2(CCCCC2)c2ccc3ccccc3c21. The van der Waals surface area contributed by atoms with Gasteiger partial charge in [-0.1, -0.05) is 143 Å². The Morgan fingerprint density at radius 3 is 2.04 bits per heavy atom. The lowest BCUT2D eigenvalue weighted by Crippen LogP contribution is -2.36. The van der Waals surface area contributed by atoms with Crippen LogP contribution in [-0.4, -0.2) is 23.4 Å². The lowest BCUT2D eigenvalue weighted by Gasteiger charge is -2.37. The Hall–Kier alpha value is -3.88. The van der Waals surface area contributed by atoms with Gasteiger partial charge in [0.15, 0.2) is 5.71 Å². The maximum absolute atomic E-state index is 7.39. The molecule has 52 heavy (non-hydrogen) atoms. The van der Waals surface area contributed by atoms with E-state index in [4.69, 9.17) is 11.6 Å². The molecule has 3 heteroatoms. The minimum Gasteiger partial charge on any atom is -0.343 e. The van der Waals surface area contributed by atoms with Crippen LogP contribution in [-0.2, 0) is 10.8 Å². The van der Waals surface area contributed by atoms with Crippen LogP contribution < -0.4 is 4.90 Å². The van der Waals surface area contributed by atoms with E-state index < -0.39 is 0 Å². The van der Waals surface area contributed by atoms with Crippen molar-refractivity contribution in [1.29, 1.82) is 0 Å². The quantitative estimate of drug-likeness (QED) is 0.173. The molecule has 0 aromatic heterocycles. The fraction of sp³-hybridized carbons (Fsp3) is 0.408. The van der Waals surface area contributed by atoms with Crippen LogP contribution in [0.4, 0.5) is 11.4 Å². The van der Waals surface area contributed by atoms with Crippen molar-refractivity contribution in [2.45, 2.75) is 115 Å². The van der Waals surface area contributed by atoms with E-state index in [0.29, 0.717) is 0 Å². The second kappa shape index (κ2) is 13.8. The fourth-order valence-electron chi connectivity index (χ4n) is 11.0. The van der Waals surface area contributed by atoms with Crippen LogP contribution in [0.5, 0.6) is 0 Å². The van der Waals surface area contributed by atoms with Gasteiger partial charge in [-0.25, -0.2) is 0 Å². The van der Waals surface area contributed by atoms with E-state index in [-0.39, 0.29) is 10.8 Å². The molecule has 2 heterocycles. The molecule has 0 N–H and O–H groups in total. The lowest BCUT2D eigenvalue weighted by molar-refractivity contribution is -0.436. The summed E-state index contributed by atoms with van der Waals surface area (Å²) in [7, 11) is 0. The van der Waals surface area contributed by atoms with Gasteiger partial charge in [0.2, 0.25) is 5.69 Å². The molecule has 2 fully saturated rings. The number of rotatable bonds is 7. The zero-order chi connectivity index (χ0) is 35.3. The normalized spacial score (nSPS) is 22.4. The van der Waals surface area contributed by atoms with Crippen molar-refractivity contribution in [3.63, 3.8) is 0 Å². The van der Waals surface area contributed by atoms with E-state index in [1.54, 1.807) is 11.1 Å². The third kappa shape index (κ3) is 5.30. The first-order valence-corrected chi connectivity index (χ1v) is 20.9. The third-order valence-electron chi connectivity index (χ3n) is 13.4. The molecular weight excluding hydrogens is 652 g/mol. The molecule has 2 saturated carbocycles. The zero-order valence-electron chi connectivity index (χ0n) is 31.3. The first kappa shape index (κ1) is 33.9. The topological polar surface area (TPSA) is 6.25 Å². The largest absolute Gasteiger partial charge is 0.343 e. The Labute approximate surface area is 316 Å². The Morgan fingerprint density at radius 1 is 0.673 bits per heavy atom. The Morgan fingerprint density at radius 2 is 1.33 bits per heavy atom. The van der Waals surface area contributed by atoms with Gasteiger partial charge >= 0.3 is 0 Å². The van der Waals surface area contributed by atoms with Crippen LogP contribution in [0.25, 0.3) is 21.5 Å². The minimum absolute atomic E-state index is 0.0940. The summed E-state index contributed by atoms with van der Waals surface area (Å²) in [4.78, 5) is 2.69. The summed E-state index contributed by atoms with van der Waals surface area (Å²) in [5.41, 5.74) is 11.8. The number of fused-ring (bicyclic) bond motifs is 8. The highest BCUT2D eigenvalue weighted by Gasteiger charge is 2.52. The number of allylic oxidation sites excluding steroid dienone is 8. The number of benzene rings is 4. The molecule has 4 aromatic carbocycles. The number of hydrogen-bond donors (Lipinski definition) is 0. The Bertz CT molecular complexity index is 2200. The summed E-state index contributed by atoms with van der Waals surface area (Å²) in [6.07, 6.45) is 26.9. The van der Waals surface area contributed by atoms with Crippen molar-refractivity contribution < 1.29 is 4.58 Å². The zero-order valence-corrected chi connectivity index (χ0v) is 32.1. The van der Waals surface area contributed by atoms with E-state index in [2.05, 4.69) is 120 Å². The monoisotopic (exact) mass is 705 g/mol. The predicted octanol–water partition coefficient (Wildman–Crippen LogP) is 13.5. The van der Waals surface area contributed by atoms with Crippen molar-refractivity contribution in [1.82, 2.24) is 0 Å². The Kier molecular flexibility index (Phi) is 9.02. The molecule has 5 aliphatic rings. The van der Waals surface area contributed by atoms with Gasteiger partial charge in [-0.15, -0.1) is 0 Å². The van der Waals surface area contributed by atoms with Gasteiger partial charge in [0, 0.05) is 46.1 Å².